The number of phenols is 1. The van der Waals surface area contributed by atoms with E-state index in [1.165, 1.54) is 23.1 Å². The van der Waals surface area contributed by atoms with Crippen LogP contribution in [0.4, 0.5) is 13.2 Å². The number of benzene rings is 1. The van der Waals surface area contributed by atoms with Gasteiger partial charge in [-0.2, -0.15) is 17.9 Å². The average molecular weight is 560 g/mol. The molecule has 1 aliphatic rings. The number of nitrogens with two attached hydrogens (primary N) is 1. The van der Waals surface area contributed by atoms with E-state index >= 15 is 0 Å². The maximum absolute atomic E-state index is 12.8. The Bertz CT molecular complexity index is 1430. The monoisotopic (exact) mass is 559 g/mol. The molecule has 0 radical (unpaired) electrons. The van der Waals surface area contributed by atoms with E-state index in [1.54, 1.807) is 24.5 Å². The largest absolute Gasteiger partial charge is 0.508 e. The predicted molar refractivity (Wildman–Crippen MR) is 127 cm³/mol. The van der Waals surface area contributed by atoms with E-state index < -0.39 is 28.2 Å². The first kappa shape index (κ1) is 27.8. The van der Waals surface area contributed by atoms with E-state index in [-0.39, 0.29) is 28.2 Å². The molecular weight excluding hydrogens is 539 g/mol. The molecule has 198 valence electrons. The van der Waals surface area contributed by atoms with Gasteiger partial charge in [-0.3, -0.25) is 15.2 Å². The van der Waals surface area contributed by atoms with Crippen molar-refractivity contribution >= 4 is 49.2 Å². The zero-order valence-corrected chi connectivity index (χ0v) is 20.3. The van der Waals surface area contributed by atoms with E-state index in [9.17, 15) is 31.5 Å². The number of aliphatic carboxylic acids is 1. The highest BCUT2D eigenvalue weighted by atomic mass is 32.2. The summed E-state index contributed by atoms with van der Waals surface area (Å²) in [5, 5.41) is 25.4. The minimum Gasteiger partial charge on any atom is -0.508 e. The first-order chi connectivity index (χ1) is 17.2. The van der Waals surface area contributed by atoms with Crippen LogP contribution in [-0.4, -0.2) is 65.0 Å². The number of alkyl halides is 3. The topological polar surface area (TPSA) is 187 Å². The molecule has 0 unspecified atom stereocenters. The van der Waals surface area contributed by atoms with Crippen LogP contribution in [0.3, 0.4) is 0 Å². The Hall–Kier alpha value is -3.76. The van der Waals surface area contributed by atoms with Crippen molar-refractivity contribution in [2.75, 3.05) is 6.54 Å². The molecule has 1 amide bonds. The summed E-state index contributed by atoms with van der Waals surface area (Å²) in [7, 11) is -3.86. The van der Waals surface area contributed by atoms with Crippen molar-refractivity contribution in [1.29, 1.82) is 5.41 Å². The van der Waals surface area contributed by atoms with E-state index in [0.717, 1.165) is 21.4 Å². The van der Waals surface area contributed by atoms with Gasteiger partial charge in [0.1, 0.15) is 21.8 Å². The van der Waals surface area contributed by atoms with Crippen LogP contribution in [-0.2, 0) is 26.2 Å². The van der Waals surface area contributed by atoms with E-state index in [4.69, 9.17) is 21.0 Å². The summed E-state index contributed by atoms with van der Waals surface area (Å²) in [6.45, 7) is 0.435. The lowest BCUT2D eigenvalue weighted by Gasteiger charge is -2.18. The van der Waals surface area contributed by atoms with Gasteiger partial charge in [0.05, 0.1) is 0 Å². The van der Waals surface area contributed by atoms with Gasteiger partial charge >= 0.3 is 12.1 Å². The number of aromatic hydroxyl groups is 1. The highest BCUT2D eigenvalue weighted by Crippen LogP contribution is 2.29. The lowest BCUT2D eigenvalue weighted by molar-refractivity contribution is -0.192. The highest BCUT2D eigenvalue weighted by Gasteiger charge is 2.38. The van der Waals surface area contributed by atoms with E-state index in [2.05, 4.69) is 9.71 Å². The Balaban J connectivity index is 0.000000479. The molecule has 3 heterocycles. The number of thiophene rings is 1. The quantitative estimate of drug-likeness (QED) is 0.224. The normalized spacial score (nSPS) is 15.9. The van der Waals surface area contributed by atoms with E-state index in [0.29, 0.717) is 24.1 Å². The molecule has 0 saturated carbocycles. The van der Waals surface area contributed by atoms with Crippen LogP contribution in [0.1, 0.15) is 17.5 Å². The van der Waals surface area contributed by atoms with Crippen molar-refractivity contribution < 1.29 is 41.4 Å². The number of aromatic nitrogens is 1. The molecule has 3 aromatic rings. The number of likely N-dealkylation sites (tertiary alicyclic amines) is 1. The molecule has 4 rings (SSSR count). The first-order valence-electron chi connectivity index (χ1n) is 10.3. The second-order valence-electron chi connectivity index (χ2n) is 7.76. The zero-order valence-electron chi connectivity index (χ0n) is 18.7. The summed E-state index contributed by atoms with van der Waals surface area (Å²) in [5.41, 5.74) is 6.36. The average Bonchev–Trinajstić information content (AvgIpc) is 3.39. The summed E-state index contributed by atoms with van der Waals surface area (Å²) < 4.78 is 60.7. The summed E-state index contributed by atoms with van der Waals surface area (Å²) in [5.74, 6) is -3.29. The molecule has 11 nitrogen and oxygen atoms in total. The van der Waals surface area contributed by atoms with Crippen LogP contribution < -0.4 is 10.5 Å². The fraction of sp³-hybridized carbons (Fsp3) is 0.238. The third-order valence-corrected chi connectivity index (χ3v) is 8.21. The molecule has 37 heavy (non-hydrogen) atoms. The molecule has 1 aliphatic heterocycles. The summed E-state index contributed by atoms with van der Waals surface area (Å²) in [6, 6.07) is 6.89. The third-order valence-electron chi connectivity index (χ3n) is 5.15. The number of pyridine rings is 1. The predicted octanol–water partition coefficient (Wildman–Crippen LogP) is 2.00. The van der Waals surface area contributed by atoms with Crippen molar-refractivity contribution in [3.05, 3.63) is 53.9 Å². The molecule has 16 heteroatoms. The van der Waals surface area contributed by atoms with Crippen LogP contribution in [0.2, 0.25) is 0 Å². The van der Waals surface area contributed by atoms with Gasteiger partial charge in [0.25, 0.3) is 10.0 Å². The second-order valence-corrected chi connectivity index (χ2v) is 10.8. The molecule has 1 fully saturated rings. The number of carboxylic acid groups (broad SMARTS) is 1. The number of amides is 1. The minimum absolute atomic E-state index is 0.0179. The maximum atomic E-state index is 12.8. The number of amidine groups is 1. The zero-order chi connectivity index (χ0) is 27.5. The smallest absolute Gasteiger partial charge is 0.490 e. The van der Waals surface area contributed by atoms with Gasteiger partial charge in [-0.25, -0.2) is 13.2 Å². The van der Waals surface area contributed by atoms with Gasteiger partial charge in [0, 0.05) is 46.7 Å². The number of carboxylic acids is 1. The molecule has 0 aliphatic carbocycles. The number of nitrogens with one attached hydrogen (secondary N) is 2. The van der Waals surface area contributed by atoms with Crippen molar-refractivity contribution in [1.82, 2.24) is 14.6 Å². The number of nitrogen functional groups attached to an aromatic ring is 1. The molecule has 2 aromatic heterocycles. The number of carbonyl (C=O) groups excluding carboxylic acids is 1. The van der Waals surface area contributed by atoms with Crippen LogP contribution in [0.25, 0.3) is 10.1 Å². The highest BCUT2D eigenvalue weighted by molar-refractivity contribution is 7.91. The van der Waals surface area contributed by atoms with Gasteiger partial charge in [0.15, 0.2) is 0 Å². The fourth-order valence-electron chi connectivity index (χ4n) is 3.33. The Kier molecular flexibility index (Phi) is 8.04. The van der Waals surface area contributed by atoms with Gasteiger partial charge in [0.2, 0.25) is 5.91 Å². The van der Waals surface area contributed by atoms with Gasteiger partial charge < -0.3 is 20.8 Å². The second kappa shape index (κ2) is 10.7. The Labute approximate surface area is 211 Å². The molecule has 6 N–H and O–H groups in total. The first-order valence-corrected chi connectivity index (χ1v) is 12.6. The number of fused-ring (bicyclic) bond motifs is 1. The van der Waals surface area contributed by atoms with Crippen molar-refractivity contribution in [3.8, 4) is 5.75 Å². The minimum atomic E-state index is -5.08. The van der Waals surface area contributed by atoms with Crippen molar-refractivity contribution in [2.45, 2.75) is 29.4 Å². The lowest BCUT2D eigenvalue weighted by Crippen LogP contribution is -2.41. The Morgan fingerprint density at radius 1 is 1.30 bits per heavy atom. The standard InChI is InChI=1S/C19H19N5O4S2.C2HF3O2/c20-18(21)11-1-2-15(25)13(7-11)10-24-6-4-14(19(24)26)23-30(27,28)17-8-12-9-22-5-3-16(12)29-17;3-2(4,5)1(6)7/h1-3,5,7-9,14,23,25H,4,6,10H2,(H3,20,21);(H,6,7)/t14-;/m0./s1. The summed E-state index contributed by atoms with van der Waals surface area (Å²) in [4.78, 5) is 27.1. The number of hydrogen-bond donors (Lipinski definition) is 5. The maximum Gasteiger partial charge on any atom is 0.490 e. The van der Waals surface area contributed by atoms with Gasteiger partial charge in [-0.05, 0) is 36.8 Å². The van der Waals surface area contributed by atoms with Crippen LogP contribution in [0, 0.1) is 5.41 Å². The molecule has 1 saturated heterocycles. The Morgan fingerprint density at radius 3 is 2.57 bits per heavy atom. The van der Waals surface area contributed by atoms with Gasteiger partial charge in [-0.1, -0.05) is 0 Å². The molecule has 1 aromatic carbocycles. The van der Waals surface area contributed by atoms with E-state index in [1.807, 2.05) is 0 Å². The SMILES string of the molecule is N=C(N)c1ccc(O)c(CN2CC[C@H](NS(=O)(=O)c3cc4cnccc4s3)C2=O)c1.O=C(O)C(F)(F)F. The lowest BCUT2D eigenvalue weighted by atomic mass is 10.1. The number of halogens is 3. The molecular formula is C21H20F3N5O6S2. The number of nitrogens with zero attached hydrogens (tertiary/aromatic N) is 2. The van der Waals surface area contributed by atoms with Crippen LogP contribution >= 0.6 is 11.3 Å². The number of carbonyl (C=O) groups is 2. The fourth-order valence-corrected chi connectivity index (χ4v) is 5.93. The summed E-state index contributed by atoms with van der Waals surface area (Å²) >= 11 is 1.12. The number of rotatable bonds is 6. The number of sulfonamides is 1. The number of phenolic OH excluding ortho intramolecular Hbond substituents is 1. The number of hydrogen-bond acceptors (Lipinski definition) is 8. The summed E-state index contributed by atoms with van der Waals surface area (Å²) in [6.07, 6.45) is -1.58. The van der Waals surface area contributed by atoms with Crippen LogP contribution in [0.5, 0.6) is 5.75 Å². The Morgan fingerprint density at radius 2 is 1.97 bits per heavy atom. The molecule has 0 spiro atoms. The third kappa shape index (κ3) is 6.72. The van der Waals surface area contributed by atoms with Gasteiger partial charge in [-0.15, -0.1) is 11.3 Å². The molecule has 1 atom stereocenters. The van der Waals surface area contributed by atoms with Crippen molar-refractivity contribution in [3.63, 3.8) is 0 Å². The van der Waals surface area contributed by atoms with Crippen molar-refractivity contribution in [2.24, 2.45) is 5.73 Å². The van der Waals surface area contributed by atoms with Crippen LogP contribution in [0.15, 0.2) is 46.9 Å². The molecule has 0 bridgehead atoms.